The van der Waals surface area contributed by atoms with E-state index in [0.29, 0.717) is 42.9 Å². The third kappa shape index (κ3) is 2.60. The molecule has 31 heavy (non-hydrogen) atoms. The van der Waals surface area contributed by atoms with Crippen molar-refractivity contribution in [3.05, 3.63) is 83.3 Å². The molecule has 0 spiro atoms. The summed E-state index contributed by atoms with van der Waals surface area (Å²) in [7, 11) is 0. The molecule has 0 unspecified atom stereocenters. The van der Waals surface area contributed by atoms with Crippen molar-refractivity contribution in [2.24, 2.45) is 0 Å². The first-order chi connectivity index (χ1) is 15.2. The van der Waals surface area contributed by atoms with Crippen molar-refractivity contribution in [2.75, 3.05) is 0 Å². The average Bonchev–Trinajstić information content (AvgIpc) is 3.53. The minimum atomic E-state index is -0.282. The minimum Gasteiger partial charge on any atom is -0.267 e. The zero-order valence-corrected chi connectivity index (χ0v) is 16.7. The molecular weight excluding hydrogens is 412 g/mol. The fourth-order valence-corrected chi connectivity index (χ4v) is 4.78. The third-order valence-corrected chi connectivity index (χ3v) is 6.26. The monoisotopic (exact) mass is 424 g/mol. The van der Waals surface area contributed by atoms with Gasteiger partial charge < -0.3 is 0 Å². The van der Waals surface area contributed by atoms with Crippen LogP contribution in [0.4, 0.5) is 0 Å². The Hall–Kier alpha value is -4.24. The van der Waals surface area contributed by atoms with Crippen molar-refractivity contribution in [3.63, 3.8) is 0 Å². The fraction of sp³-hybridized carbons (Fsp3) is 0. The van der Waals surface area contributed by atoms with Crippen LogP contribution in [0.15, 0.2) is 73.6 Å². The summed E-state index contributed by atoms with van der Waals surface area (Å²) in [5.74, 6) is -0.565. The molecule has 0 aliphatic rings. The second-order valence-corrected chi connectivity index (χ2v) is 7.86. The molecule has 0 radical (unpaired) electrons. The molecule has 0 amide bonds. The van der Waals surface area contributed by atoms with Gasteiger partial charge in [-0.2, -0.15) is 0 Å². The number of nitrogens with zero attached hydrogens (tertiary/aromatic N) is 6. The van der Waals surface area contributed by atoms with Gasteiger partial charge in [-0.1, -0.05) is 24.3 Å². The predicted octanol–water partition coefficient (Wildman–Crippen LogP) is 3.77. The molecular formula is C22H12N6O2S. The van der Waals surface area contributed by atoms with Crippen molar-refractivity contribution in [2.45, 2.75) is 0 Å². The molecule has 0 atom stereocenters. The first-order valence-electron chi connectivity index (χ1n) is 9.39. The normalized spacial score (nSPS) is 11.5. The van der Waals surface area contributed by atoms with Crippen LogP contribution < -0.4 is 0 Å². The molecule has 0 fully saturated rings. The summed E-state index contributed by atoms with van der Waals surface area (Å²) in [5.41, 5.74) is 2.21. The van der Waals surface area contributed by atoms with E-state index in [9.17, 15) is 9.59 Å². The fourth-order valence-electron chi connectivity index (χ4n) is 3.62. The lowest BCUT2D eigenvalue weighted by Crippen LogP contribution is -2.11. The number of benzene rings is 1. The maximum absolute atomic E-state index is 13.4. The van der Waals surface area contributed by atoms with Crippen LogP contribution in [0.5, 0.6) is 0 Å². The SMILES string of the molecule is O=C(c1sc(C(=O)n2cnc3cccnc32)c2ccccc12)n1cnc2cccnc21. The van der Waals surface area contributed by atoms with Crippen molar-refractivity contribution in [1.82, 2.24) is 29.1 Å². The van der Waals surface area contributed by atoms with E-state index in [4.69, 9.17) is 0 Å². The zero-order chi connectivity index (χ0) is 20.9. The second-order valence-electron chi connectivity index (χ2n) is 6.84. The Kier molecular flexibility index (Phi) is 3.77. The maximum Gasteiger partial charge on any atom is 0.275 e. The molecule has 6 rings (SSSR count). The summed E-state index contributed by atoms with van der Waals surface area (Å²) in [5, 5.41) is 1.41. The number of aromatic nitrogens is 6. The van der Waals surface area contributed by atoms with Gasteiger partial charge in [0.25, 0.3) is 11.8 Å². The Morgan fingerprint density at radius 2 is 1.13 bits per heavy atom. The van der Waals surface area contributed by atoms with Gasteiger partial charge in [0, 0.05) is 23.2 Å². The third-order valence-electron chi connectivity index (χ3n) is 5.06. The molecule has 0 aliphatic heterocycles. The molecule has 0 saturated carbocycles. The van der Waals surface area contributed by atoms with Crippen LogP contribution in [0.2, 0.25) is 0 Å². The first kappa shape index (κ1) is 17.6. The Bertz CT molecular complexity index is 1520. The van der Waals surface area contributed by atoms with Crippen LogP contribution in [0.1, 0.15) is 19.3 Å². The van der Waals surface area contributed by atoms with E-state index in [1.807, 2.05) is 24.3 Å². The average molecular weight is 424 g/mol. The van der Waals surface area contributed by atoms with E-state index in [1.165, 1.54) is 21.8 Å². The summed E-state index contributed by atoms with van der Waals surface area (Å²) >= 11 is 1.15. The largest absolute Gasteiger partial charge is 0.275 e. The Morgan fingerprint density at radius 1 is 0.645 bits per heavy atom. The van der Waals surface area contributed by atoms with E-state index in [-0.39, 0.29) is 11.8 Å². The lowest BCUT2D eigenvalue weighted by molar-refractivity contribution is 0.0963. The van der Waals surface area contributed by atoms with Crippen molar-refractivity contribution in [1.29, 1.82) is 0 Å². The smallest absolute Gasteiger partial charge is 0.267 e. The van der Waals surface area contributed by atoms with Gasteiger partial charge in [-0.25, -0.2) is 29.1 Å². The Morgan fingerprint density at radius 3 is 1.61 bits per heavy atom. The van der Waals surface area contributed by atoms with E-state index in [1.54, 1.807) is 36.7 Å². The van der Waals surface area contributed by atoms with E-state index < -0.39 is 0 Å². The molecule has 1 aromatic carbocycles. The van der Waals surface area contributed by atoms with Crippen LogP contribution in [0, 0.1) is 0 Å². The number of thiophene rings is 1. The first-order valence-corrected chi connectivity index (χ1v) is 10.2. The molecule has 148 valence electrons. The second kappa shape index (κ2) is 6.64. The van der Waals surface area contributed by atoms with Crippen LogP contribution in [0.3, 0.4) is 0 Å². The van der Waals surface area contributed by atoms with Gasteiger partial charge >= 0.3 is 0 Å². The molecule has 9 heteroatoms. The zero-order valence-electron chi connectivity index (χ0n) is 15.8. The van der Waals surface area contributed by atoms with Gasteiger partial charge in [0.2, 0.25) is 0 Å². The van der Waals surface area contributed by atoms with E-state index in [2.05, 4.69) is 19.9 Å². The number of carbonyl (C=O) groups excluding carboxylic acids is 2. The molecule has 6 aromatic rings. The number of hydrogen-bond acceptors (Lipinski definition) is 7. The summed E-state index contributed by atoms with van der Waals surface area (Å²) < 4.78 is 2.83. The predicted molar refractivity (Wildman–Crippen MR) is 116 cm³/mol. The summed E-state index contributed by atoms with van der Waals surface area (Å²) in [6.45, 7) is 0. The van der Waals surface area contributed by atoms with Crippen molar-refractivity contribution in [3.8, 4) is 0 Å². The molecule has 5 aromatic heterocycles. The van der Waals surface area contributed by atoms with Crippen LogP contribution in [-0.4, -0.2) is 40.9 Å². The number of imidazole rings is 2. The highest BCUT2D eigenvalue weighted by molar-refractivity contribution is 7.18. The van der Waals surface area contributed by atoms with Gasteiger partial charge in [-0.05, 0) is 24.3 Å². The summed E-state index contributed by atoms with van der Waals surface area (Å²) in [6, 6.07) is 14.5. The molecule has 0 saturated heterocycles. The van der Waals surface area contributed by atoms with Crippen molar-refractivity contribution < 1.29 is 9.59 Å². The van der Waals surface area contributed by atoms with Gasteiger partial charge in [0.15, 0.2) is 11.3 Å². The number of fused-ring (bicyclic) bond motifs is 3. The molecule has 0 N–H and O–H groups in total. The van der Waals surface area contributed by atoms with Crippen LogP contribution in [-0.2, 0) is 0 Å². The topological polar surface area (TPSA) is 95.6 Å². The Balaban J connectivity index is 1.53. The standard InChI is InChI=1S/C22H12N6O2S/c29-21(27-11-25-15-7-3-9-23-19(15)27)17-13-5-1-2-6-14(13)18(31-17)22(30)28-12-26-16-8-4-10-24-20(16)28/h1-12H. The number of hydrogen-bond donors (Lipinski definition) is 0. The van der Waals surface area contributed by atoms with Gasteiger partial charge in [-0.3, -0.25) is 9.59 Å². The lowest BCUT2D eigenvalue weighted by Gasteiger charge is -2.01. The molecule has 8 nitrogen and oxygen atoms in total. The minimum absolute atomic E-state index is 0.282. The summed E-state index contributed by atoms with van der Waals surface area (Å²) in [4.78, 5) is 44.8. The van der Waals surface area contributed by atoms with E-state index >= 15 is 0 Å². The van der Waals surface area contributed by atoms with Gasteiger partial charge in [-0.15, -0.1) is 11.3 Å². The number of carbonyl (C=O) groups is 2. The lowest BCUT2D eigenvalue weighted by atomic mass is 10.1. The molecule has 0 aliphatic carbocycles. The van der Waals surface area contributed by atoms with Crippen LogP contribution in [0.25, 0.3) is 33.1 Å². The molecule has 0 bridgehead atoms. The van der Waals surface area contributed by atoms with Gasteiger partial charge in [0.1, 0.15) is 33.4 Å². The van der Waals surface area contributed by atoms with Crippen LogP contribution >= 0.6 is 11.3 Å². The van der Waals surface area contributed by atoms with E-state index in [0.717, 1.165) is 11.3 Å². The van der Waals surface area contributed by atoms with Gasteiger partial charge in [0.05, 0.1) is 0 Å². The number of pyridine rings is 2. The highest BCUT2D eigenvalue weighted by atomic mass is 32.1. The highest BCUT2D eigenvalue weighted by Crippen LogP contribution is 2.33. The highest BCUT2D eigenvalue weighted by Gasteiger charge is 2.25. The quantitative estimate of drug-likeness (QED) is 0.420. The Labute approximate surface area is 178 Å². The summed E-state index contributed by atoms with van der Waals surface area (Å²) in [6.07, 6.45) is 6.16. The molecule has 5 heterocycles. The number of rotatable bonds is 2. The van der Waals surface area contributed by atoms with Crippen molar-refractivity contribution >= 4 is 56.3 Å². The maximum atomic E-state index is 13.4.